The zero-order valence-electron chi connectivity index (χ0n) is 10.1. The van der Waals surface area contributed by atoms with Gasteiger partial charge < -0.3 is 10.2 Å². The highest BCUT2D eigenvalue weighted by molar-refractivity contribution is 7.99. The van der Waals surface area contributed by atoms with Crippen molar-refractivity contribution in [2.75, 3.05) is 12.4 Å². The molecule has 2 aromatic rings. The number of nitrogens with zero attached hydrogens (tertiary/aromatic N) is 2. The van der Waals surface area contributed by atoms with Crippen LogP contribution in [0.1, 0.15) is 5.01 Å². The molecule has 0 aliphatic rings. The van der Waals surface area contributed by atoms with E-state index in [1.165, 1.54) is 17.4 Å². The molecule has 1 heterocycles. The summed E-state index contributed by atoms with van der Waals surface area (Å²) in [6, 6.07) is 3.17. The van der Waals surface area contributed by atoms with Crippen molar-refractivity contribution in [2.24, 2.45) is 0 Å². The van der Waals surface area contributed by atoms with E-state index < -0.39 is 11.0 Å². The van der Waals surface area contributed by atoms with E-state index in [2.05, 4.69) is 4.98 Å². The number of hydrogen-bond donors (Lipinski definition) is 2. The van der Waals surface area contributed by atoms with Crippen LogP contribution in [0.4, 0.5) is 5.69 Å². The highest BCUT2D eigenvalue weighted by atomic mass is 32.2. The van der Waals surface area contributed by atoms with Gasteiger partial charge in [0.05, 0.1) is 37.8 Å². The minimum Gasteiger partial charge on any atom is -0.394 e. The van der Waals surface area contributed by atoms with Gasteiger partial charge >= 0.3 is 0 Å². The Bertz CT molecular complexity index is 614. The topological polar surface area (TPSA) is 96.5 Å². The average molecular weight is 300 g/mol. The van der Waals surface area contributed by atoms with E-state index in [0.29, 0.717) is 10.4 Å². The molecule has 0 spiro atoms. The van der Waals surface area contributed by atoms with E-state index in [1.54, 1.807) is 6.07 Å². The Morgan fingerprint density at radius 1 is 1.58 bits per heavy atom. The lowest BCUT2D eigenvalue weighted by molar-refractivity contribution is -0.387. The summed E-state index contributed by atoms with van der Waals surface area (Å²) in [4.78, 5) is 15.4. The fraction of sp³-hybridized carbons (Fsp3) is 0.364. The van der Waals surface area contributed by atoms with Gasteiger partial charge in [-0.05, 0) is 13.0 Å². The molecule has 0 aliphatic heterocycles. The van der Waals surface area contributed by atoms with Crippen LogP contribution in [0.15, 0.2) is 17.0 Å². The first kappa shape index (κ1) is 14.2. The summed E-state index contributed by atoms with van der Waals surface area (Å²) >= 11 is 2.55. The Morgan fingerprint density at radius 2 is 2.32 bits per heavy atom. The van der Waals surface area contributed by atoms with Gasteiger partial charge in [0.15, 0.2) is 0 Å². The van der Waals surface area contributed by atoms with E-state index >= 15 is 0 Å². The molecule has 8 heteroatoms. The lowest BCUT2D eigenvalue weighted by atomic mass is 10.3. The summed E-state index contributed by atoms with van der Waals surface area (Å²) in [6.45, 7) is 1.48. The first-order chi connectivity index (χ1) is 9.01. The zero-order chi connectivity index (χ0) is 14.0. The number of aliphatic hydroxyl groups excluding tert-OH is 2. The van der Waals surface area contributed by atoms with Crippen molar-refractivity contribution in [3.05, 3.63) is 27.3 Å². The smallest absolute Gasteiger partial charge is 0.284 e. The van der Waals surface area contributed by atoms with E-state index in [9.17, 15) is 15.2 Å². The number of benzene rings is 1. The van der Waals surface area contributed by atoms with Crippen molar-refractivity contribution in [2.45, 2.75) is 17.9 Å². The first-order valence-corrected chi connectivity index (χ1v) is 7.28. The number of thiazole rings is 1. The highest BCUT2D eigenvalue weighted by Crippen LogP contribution is 2.35. The number of aliphatic hydroxyl groups is 2. The van der Waals surface area contributed by atoms with Crippen molar-refractivity contribution in [3.63, 3.8) is 0 Å². The lowest BCUT2D eigenvalue weighted by Crippen LogP contribution is -2.14. The van der Waals surface area contributed by atoms with Crippen LogP contribution >= 0.6 is 23.1 Å². The number of aromatic nitrogens is 1. The molecule has 1 aromatic carbocycles. The zero-order valence-corrected chi connectivity index (χ0v) is 11.7. The van der Waals surface area contributed by atoms with Gasteiger partial charge in [0.2, 0.25) is 0 Å². The predicted molar refractivity (Wildman–Crippen MR) is 74.8 cm³/mol. The number of hydrogen-bond acceptors (Lipinski definition) is 7. The molecule has 0 fully saturated rings. The molecule has 6 nitrogen and oxygen atoms in total. The van der Waals surface area contributed by atoms with Crippen LogP contribution < -0.4 is 0 Å². The highest BCUT2D eigenvalue weighted by Gasteiger charge is 2.18. The van der Waals surface area contributed by atoms with Crippen LogP contribution in [0.2, 0.25) is 0 Å². The molecular formula is C11H12N2O4S2. The van der Waals surface area contributed by atoms with Crippen LogP contribution in [0.3, 0.4) is 0 Å². The number of nitro benzene ring substituents is 1. The Morgan fingerprint density at radius 3 is 2.95 bits per heavy atom. The van der Waals surface area contributed by atoms with Crippen LogP contribution in [0.25, 0.3) is 10.2 Å². The van der Waals surface area contributed by atoms with Gasteiger partial charge in [-0.15, -0.1) is 23.1 Å². The fourth-order valence-corrected chi connectivity index (χ4v) is 3.35. The largest absolute Gasteiger partial charge is 0.394 e. The second kappa shape index (κ2) is 5.83. The molecule has 102 valence electrons. The van der Waals surface area contributed by atoms with E-state index in [4.69, 9.17) is 5.11 Å². The van der Waals surface area contributed by atoms with Gasteiger partial charge in [-0.3, -0.25) is 10.1 Å². The quantitative estimate of drug-likeness (QED) is 0.498. The molecule has 2 rings (SSSR count). The molecule has 1 aromatic heterocycles. The monoisotopic (exact) mass is 300 g/mol. The maximum atomic E-state index is 11.1. The molecule has 0 saturated heterocycles. The average Bonchev–Trinajstić information content (AvgIpc) is 2.73. The van der Waals surface area contributed by atoms with E-state index in [1.807, 2.05) is 6.92 Å². The summed E-state index contributed by atoms with van der Waals surface area (Å²) < 4.78 is 0.774. The van der Waals surface area contributed by atoms with Crippen molar-refractivity contribution < 1.29 is 15.1 Å². The maximum absolute atomic E-state index is 11.1. The third-order valence-corrected chi connectivity index (χ3v) is 4.54. The SMILES string of the molecule is Cc1nc2cc(SCC(O)CO)c([N+](=O)[O-])cc2s1. The number of aryl methyl sites for hydroxylation is 1. The van der Waals surface area contributed by atoms with Gasteiger partial charge in [-0.1, -0.05) is 0 Å². The van der Waals surface area contributed by atoms with Gasteiger partial charge in [0.25, 0.3) is 5.69 Å². The van der Waals surface area contributed by atoms with E-state index in [0.717, 1.165) is 21.5 Å². The van der Waals surface area contributed by atoms with Crippen LogP contribution in [0.5, 0.6) is 0 Å². The molecule has 0 saturated carbocycles. The Hall–Kier alpha value is -1.22. The fourth-order valence-electron chi connectivity index (χ4n) is 1.56. The lowest BCUT2D eigenvalue weighted by Gasteiger charge is -2.06. The number of nitro groups is 1. The molecule has 2 N–H and O–H groups in total. The summed E-state index contributed by atoms with van der Waals surface area (Å²) in [7, 11) is 0. The third kappa shape index (κ3) is 3.21. The Kier molecular flexibility index (Phi) is 4.35. The Labute approximate surface area is 117 Å². The minimum atomic E-state index is -0.891. The van der Waals surface area contributed by atoms with Crippen molar-refractivity contribution in [1.29, 1.82) is 0 Å². The first-order valence-electron chi connectivity index (χ1n) is 5.48. The van der Waals surface area contributed by atoms with Gasteiger partial charge in [-0.2, -0.15) is 0 Å². The molecule has 0 aliphatic carbocycles. The van der Waals surface area contributed by atoms with Crippen molar-refractivity contribution in [1.82, 2.24) is 4.98 Å². The number of thioether (sulfide) groups is 1. The molecule has 0 amide bonds. The summed E-state index contributed by atoms with van der Waals surface area (Å²) in [5.74, 6) is 0.200. The van der Waals surface area contributed by atoms with Crippen molar-refractivity contribution >= 4 is 39.0 Å². The normalized spacial score (nSPS) is 12.8. The van der Waals surface area contributed by atoms with Gasteiger partial charge in [0.1, 0.15) is 0 Å². The van der Waals surface area contributed by atoms with Gasteiger partial charge in [-0.25, -0.2) is 4.98 Å². The van der Waals surface area contributed by atoms with Crippen LogP contribution in [-0.2, 0) is 0 Å². The molecule has 1 unspecified atom stereocenters. The van der Waals surface area contributed by atoms with Gasteiger partial charge in [0, 0.05) is 11.8 Å². The predicted octanol–water partition coefficient (Wildman–Crippen LogP) is 1.96. The summed E-state index contributed by atoms with van der Waals surface area (Å²) in [5, 5.41) is 30.0. The van der Waals surface area contributed by atoms with Crippen LogP contribution in [0, 0.1) is 17.0 Å². The standard InChI is InChI=1S/C11H12N2O4S2/c1-6-12-8-2-11(18-5-7(15)4-14)9(13(16)17)3-10(8)19-6/h2-3,7,14-15H,4-5H2,1H3. The molecule has 0 radical (unpaired) electrons. The second-order valence-electron chi connectivity index (χ2n) is 3.93. The molecule has 19 heavy (non-hydrogen) atoms. The maximum Gasteiger partial charge on any atom is 0.284 e. The molecule has 0 bridgehead atoms. The Balaban J connectivity index is 2.38. The summed E-state index contributed by atoms with van der Waals surface area (Å²) in [5.41, 5.74) is 0.723. The number of rotatable bonds is 5. The molecule has 1 atom stereocenters. The number of fused-ring (bicyclic) bond motifs is 1. The van der Waals surface area contributed by atoms with E-state index in [-0.39, 0.29) is 18.0 Å². The third-order valence-electron chi connectivity index (χ3n) is 2.41. The second-order valence-corrected chi connectivity index (χ2v) is 6.22. The molecular weight excluding hydrogens is 288 g/mol. The summed E-state index contributed by atoms with van der Waals surface area (Å²) in [6.07, 6.45) is -0.891. The minimum absolute atomic E-state index is 0.00582. The van der Waals surface area contributed by atoms with Crippen LogP contribution in [-0.4, -0.2) is 38.6 Å². The van der Waals surface area contributed by atoms with Crippen molar-refractivity contribution in [3.8, 4) is 0 Å².